The second-order valence-corrected chi connectivity index (χ2v) is 5.05. The van der Waals surface area contributed by atoms with E-state index in [-0.39, 0.29) is 12.2 Å². The van der Waals surface area contributed by atoms with Crippen LogP contribution in [0.3, 0.4) is 0 Å². The van der Waals surface area contributed by atoms with Gasteiger partial charge in [-0.15, -0.1) is 0 Å². The van der Waals surface area contributed by atoms with E-state index >= 15 is 0 Å². The van der Waals surface area contributed by atoms with Crippen molar-refractivity contribution in [2.45, 2.75) is 19.8 Å². The average molecular weight is 353 g/mol. The van der Waals surface area contributed by atoms with Gasteiger partial charge in [-0.3, -0.25) is 14.8 Å². The van der Waals surface area contributed by atoms with Gasteiger partial charge in [-0.25, -0.2) is 4.79 Å². The first-order valence-electron chi connectivity index (χ1n) is 7.31. The minimum atomic E-state index is -1.77. The van der Waals surface area contributed by atoms with Crippen LogP contribution in [-0.4, -0.2) is 52.4 Å². The summed E-state index contributed by atoms with van der Waals surface area (Å²) in [5.41, 5.74) is -0.917. The highest BCUT2D eigenvalue weighted by Gasteiger charge is 2.46. The summed E-state index contributed by atoms with van der Waals surface area (Å²) < 4.78 is 9.82. The van der Waals surface area contributed by atoms with Crippen molar-refractivity contribution in [2.75, 3.05) is 13.7 Å². The van der Waals surface area contributed by atoms with Crippen LogP contribution in [0, 0.1) is 11.1 Å². The quantitative estimate of drug-likeness (QED) is 0.176. The van der Waals surface area contributed by atoms with Gasteiger partial charge in [0.2, 0.25) is 0 Å². The molecule has 0 aliphatic rings. The van der Waals surface area contributed by atoms with Crippen LogP contribution in [-0.2, 0) is 19.1 Å². The van der Waals surface area contributed by atoms with Crippen molar-refractivity contribution in [3.63, 3.8) is 0 Å². The molecule has 0 saturated heterocycles. The summed E-state index contributed by atoms with van der Waals surface area (Å²) in [6.07, 6.45) is 0. The molecular weight excluding hydrogens is 334 g/mol. The Hall–Kier alpha value is -3.10. The van der Waals surface area contributed by atoms with Crippen molar-refractivity contribution in [1.29, 1.82) is 0 Å². The Balaban J connectivity index is 3.59. The van der Waals surface area contributed by atoms with Crippen molar-refractivity contribution in [1.82, 2.24) is 0 Å². The van der Waals surface area contributed by atoms with Gasteiger partial charge in [0, 0.05) is 4.90 Å². The Morgan fingerprint density at radius 1 is 1.24 bits per heavy atom. The molecule has 1 aromatic rings. The molecule has 25 heavy (non-hydrogen) atoms. The first-order valence-corrected chi connectivity index (χ1v) is 7.31. The van der Waals surface area contributed by atoms with E-state index in [4.69, 9.17) is 9.47 Å². The topological polar surface area (TPSA) is 136 Å². The van der Waals surface area contributed by atoms with Crippen LogP contribution >= 0.6 is 0 Å². The lowest BCUT2D eigenvalue weighted by atomic mass is 9.80. The van der Waals surface area contributed by atoms with Gasteiger partial charge in [0.25, 0.3) is 0 Å². The molecule has 1 rings (SSSR count). The fraction of sp³-hybridized carbons (Fsp3) is 0.375. The third-order valence-electron chi connectivity index (χ3n) is 3.51. The third kappa shape index (κ3) is 4.69. The lowest BCUT2D eigenvalue weighted by Crippen LogP contribution is -2.40. The van der Waals surface area contributed by atoms with Gasteiger partial charge in [-0.05, 0) is 31.5 Å². The van der Waals surface area contributed by atoms with Gasteiger partial charge in [0.05, 0.1) is 13.7 Å². The molecule has 0 aliphatic carbocycles. The molecule has 0 radical (unpaired) electrons. The molecule has 9 nitrogen and oxygen atoms in total. The number of carbonyl (C=O) groups is 3. The Morgan fingerprint density at radius 2 is 1.80 bits per heavy atom. The number of carboxylic acids is 1. The second-order valence-electron chi connectivity index (χ2n) is 5.05. The summed E-state index contributed by atoms with van der Waals surface area (Å²) in [7, 11) is 1.42. The number of aliphatic carboxylic acids is 1. The summed E-state index contributed by atoms with van der Waals surface area (Å²) in [6, 6.07) is 5.73. The third-order valence-corrected chi connectivity index (χ3v) is 3.51. The molecule has 9 heteroatoms. The fourth-order valence-electron chi connectivity index (χ4n) is 2.42. The van der Waals surface area contributed by atoms with Crippen molar-refractivity contribution < 1.29 is 39.1 Å². The number of hydrogen-bond donors (Lipinski definition) is 2. The number of hydrogen-bond acceptors (Lipinski definition) is 7. The Morgan fingerprint density at radius 3 is 2.16 bits per heavy atom. The molecule has 0 aliphatic heterocycles. The number of nitrogens with zero attached hydrogens (tertiary/aromatic N) is 1. The van der Waals surface area contributed by atoms with Gasteiger partial charge >= 0.3 is 17.7 Å². The molecule has 0 aromatic heterocycles. The SMILES string of the molecule is CCOC(=O)C(C(C)=O)C(C(C(=O)O)=[N+]([O-])O)c1ccc(OC)cc1. The molecule has 2 unspecified atom stereocenters. The summed E-state index contributed by atoms with van der Waals surface area (Å²) >= 11 is 0. The molecule has 1 aromatic carbocycles. The lowest BCUT2D eigenvalue weighted by Gasteiger charge is -2.21. The van der Waals surface area contributed by atoms with Gasteiger partial charge in [0.15, 0.2) is 0 Å². The van der Waals surface area contributed by atoms with Crippen LogP contribution in [0.25, 0.3) is 0 Å². The first-order chi connectivity index (χ1) is 11.7. The summed E-state index contributed by atoms with van der Waals surface area (Å²) in [5.74, 6) is -6.17. The number of Topliss-reactive ketones (excluding diaryl/α,β-unsaturated/α-hetero) is 1. The molecule has 0 bridgehead atoms. The standard InChI is InChI=1S/C16H19NO8/c1-4-25-16(21)12(9(2)18)13(14(15(19)20)17(22)23)10-5-7-11(24-3)8-6-10/h5-8,12-13H,4H2,1-3H3,(H,19,20)(H,22,23). The number of rotatable bonds is 8. The highest BCUT2D eigenvalue weighted by atomic mass is 16.8. The van der Waals surface area contributed by atoms with Crippen LogP contribution in [0.5, 0.6) is 5.75 Å². The van der Waals surface area contributed by atoms with Gasteiger partial charge < -0.3 is 19.8 Å². The normalized spacial score (nSPS) is 14.0. The zero-order valence-corrected chi connectivity index (χ0v) is 14.0. The number of carboxylic acid groups (broad SMARTS) is 1. The number of ether oxygens (including phenoxy) is 2. The smallest absolute Gasteiger partial charge is 0.403 e. The molecule has 0 spiro atoms. The predicted octanol–water partition coefficient (Wildman–Crippen LogP) is 0.972. The lowest BCUT2D eigenvalue weighted by molar-refractivity contribution is -0.726. The fourth-order valence-corrected chi connectivity index (χ4v) is 2.42. The number of carbonyl (C=O) groups excluding carboxylic acids is 2. The van der Waals surface area contributed by atoms with Crippen molar-refractivity contribution in [3.8, 4) is 5.75 Å². The monoisotopic (exact) mass is 353 g/mol. The Kier molecular flexibility index (Phi) is 6.92. The number of methoxy groups -OCH3 is 1. The van der Waals surface area contributed by atoms with Crippen LogP contribution in [0.1, 0.15) is 25.3 Å². The van der Waals surface area contributed by atoms with E-state index in [1.807, 2.05) is 0 Å². The van der Waals surface area contributed by atoms with Crippen LogP contribution in [0.2, 0.25) is 0 Å². The summed E-state index contributed by atoms with van der Waals surface area (Å²) in [4.78, 5) is 34.8. The minimum Gasteiger partial charge on any atom is -0.497 e. The van der Waals surface area contributed by atoms with E-state index in [0.717, 1.165) is 6.92 Å². The maximum absolute atomic E-state index is 12.2. The van der Waals surface area contributed by atoms with E-state index in [1.54, 1.807) is 0 Å². The maximum atomic E-state index is 12.2. The molecule has 0 heterocycles. The molecule has 136 valence electrons. The van der Waals surface area contributed by atoms with E-state index in [1.165, 1.54) is 38.3 Å². The largest absolute Gasteiger partial charge is 0.497 e. The molecule has 0 saturated carbocycles. The van der Waals surface area contributed by atoms with E-state index < -0.39 is 40.2 Å². The first kappa shape index (κ1) is 19.9. The highest BCUT2D eigenvalue weighted by Crippen LogP contribution is 2.30. The highest BCUT2D eigenvalue weighted by molar-refractivity contribution is 6.36. The van der Waals surface area contributed by atoms with E-state index in [0.29, 0.717) is 5.75 Å². The maximum Gasteiger partial charge on any atom is 0.403 e. The average Bonchev–Trinajstić information content (AvgIpc) is 2.53. The second kappa shape index (κ2) is 8.67. The summed E-state index contributed by atoms with van der Waals surface area (Å²) in [6.45, 7) is 2.55. The number of benzene rings is 1. The predicted molar refractivity (Wildman–Crippen MR) is 84.6 cm³/mol. The van der Waals surface area contributed by atoms with Crippen molar-refractivity contribution in [3.05, 3.63) is 35.0 Å². The number of ketones is 1. The Bertz CT molecular complexity index is 676. The molecular formula is C16H19NO8. The Labute approximate surface area is 143 Å². The van der Waals surface area contributed by atoms with Gasteiger partial charge in [-0.2, -0.15) is 0 Å². The zero-order chi connectivity index (χ0) is 19.1. The van der Waals surface area contributed by atoms with Gasteiger partial charge in [0.1, 0.15) is 23.4 Å². The van der Waals surface area contributed by atoms with Crippen molar-refractivity contribution >= 4 is 23.4 Å². The van der Waals surface area contributed by atoms with Crippen LogP contribution < -0.4 is 4.74 Å². The molecule has 0 fully saturated rings. The van der Waals surface area contributed by atoms with Crippen LogP contribution in [0.15, 0.2) is 24.3 Å². The van der Waals surface area contributed by atoms with E-state index in [9.17, 15) is 29.9 Å². The van der Waals surface area contributed by atoms with Crippen molar-refractivity contribution in [2.24, 2.45) is 5.92 Å². The van der Waals surface area contributed by atoms with Crippen LogP contribution in [0.4, 0.5) is 0 Å². The minimum absolute atomic E-state index is 0.0411. The van der Waals surface area contributed by atoms with E-state index in [2.05, 4.69) is 0 Å². The van der Waals surface area contributed by atoms with Gasteiger partial charge in [-0.1, -0.05) is 12.1 Å². The molecule has 0 amide bonds. The molecule has 2 atom stereocenters. The zero-order valence-electron chi connectivity index (χ0n) is 14.0. The summed E-state index contributed by atoms with van der Waals surface area (Å²) in [5, 5.41) is 29.9. The molecule has 2 N–H and O–H groups in total. The number of esters is 1.